The van der Waals surface area contributed by atoms with Crippen molar-refractivity contribution < 1.29 is 14.1 Å². The summed E-state index contributed by atoms with van der Waals surface area (Å²) in [5.74, 6) is -1.17. The molecular weight excluding hydrogens is 253 g/mol. The Bertz CT molecular complexity index is 628. The second-order valence-corrected chi connectivity index (χ2v) is 3.59. The van der Waals surface area contributed by atoms with Crippen molar-refractivity contribution in [3.8, 4) is 0 Å². The summed E-state index contributed by atoms with van der Waals surface area (Å²) in [6, 6.07) is 7.59. The van der Waals surface area contributed by atoms with Crippen LogP contribution in [-0.4, -0.2) is 15.8 Å². The highest BCUT2D eigenvalue weighted by molar-refractivity contribution is 6.05. The van der Waals surface area contributed by atoms with Crippen LogP contribution in [0.2, 0.25) is 0 Å². The van der Waals surface area contributed by atoms with Gasteiger partial charge in [-0.1, -0.05) is 0 Å². The number of anilines is 1. The van der Waals surface area contributed by atoms with Crippen molar-refractivity contribution in [2.45, 2.75) is 0 Å². The highest BCUT2D eigenvalue weighted by Crippen LogP contribution is 2.17. The second kappa shape index (κ2) is 5.21. The molecule has 0 radical (unpaired) electrons. The first-order valence-electron chi connectivity index (χ1n) is 5.24. The van der Waals surface area contributed by atoms with Crippen molar-refractivity contribution in [2.75, 3.05) is 5.32 Å². The van der Waals surface area contributed by atoms with E-state index in [9.17, 15) is 19.3 Å². The highest BCUT2D eigenvalue weighted by Gasteiger charge is 2.21. The largest absolute Gasteiger partial charge is 0.320 e. The lowest BCUT2D eigenvalue weighted by atomic mass is 10.2. The topological polar surface area (TPSA) is 85.1 Å². The van der Waals surface area contributed by atoms with Gasteiger partial charge in [0.05, 0.1) is 4.92 Å². The third kappa shape index (κ3) is 2.89. The fourth-order valence-corrected chi connectivity index (χ4v) is 1.44. The molecule has 0 aliphatic carbocycles. The average molecular weight is 261 g/mol. The van der Waals surface area contributed by atoms with Gasteiger partial charge >= 0.3 is 5.69 Å². The lowest BCUT2D eigenvalue weighted by Crippen LogP contribution is -2.15. The number of aromatic nitrogens is 1. The smallest absolute Gasteiger partial charge is 0.300 e. The molecule has 1 amide bonds. The third-order valence-corrected chi connectivity index (χ3v) is 2.30. The van der Waals surface area contributed by atoms with E-state index in [0.717, 1.165) is 0 Å². The number of nitrogens with zero attached hydrogens (tertiary/aromatic N) is 2. The Morgan fingerprint density at radius 2 is 1.95 bits per heavy atom. The minimum absolute atomic E-state index is 0.295. The van der Waals surface area contributed by atoms with Crippen LogP contribution in [0.25, 0.3) is 0 Å². The summed E-state index contributed by atoms with van der Waals surface area (Å²) in [4.78, 5) is 25.6. The van der Waals surface area contributed by atoms with Gasteiger partial charge in [-0.3, -0.25) is 14.9 Å². The summed E-state index contributed by atoms with van der Waals surface area (Å²) in [5.41, 5.74) is -0.356. The number of pyridine rings is 1. The molecule has 1 heterocycles. The molecule has 0 aliphatic heterocycles. The first-order valence-corrected chi connectivity index (χ1v) is 5.24. The van der Waals surface area contributed by atoms with Gasteiger partial charge in [0.15, 0.2) is 0 Å². The Labute approximate surface area is 107 Å². The maximum absolute atomic E-state index is 12.7. The standard InChI is InChI=1S/C12H8FN3O3/c13-8-3-5-9(6-4-8)15-12(17)11-10(16(18)19)2-1-7-14-11/h1-7H,(H,15,17). The Morgan fingerprint density at radius 3 is 2.58 bits per heavy atom. The van der Waals surface area contributed by atoms with Gasteiger partial charge in [-0.2, -0.15) is 0 Å². The Hall–Kier alpha value is -2.83. The van der Waals surface area contributed by atoms with Gasteiger partial charge in [-0.25, -0.2) is 9.37 Å². The zero-order chi connectivity index (χ0) is 13.8. The lowest BCUT2D eigenvalue weighted by Gasteiger charge is -2.04. The summed E-state index contributed by atoms with van der Waals surface area (Å²) in [6.07, 6.45) is 1.28. The molecule has 0 unspecified atom stereocenters. The Morgan fingerprint density at radius 1 is 1.26 bits per heavy atom. The van der Waals surface area contributed by atoms with Gasteiger partial charge in [0, 0.05) is 18.0 Å². The molecule has 1 aromatic heterocycles. The lowest BCUT2D eigenvalue weighted by molar-refractivity contribution is -0.385. The van der Waals surface area contributed by atoms with Crippen molar-refractivity contribution >= 4 is 17.3 Å². The molecule has 7 heteroatoms. The highest BCUT2D eigenvalue weighted by atomic mass is 19.1. The molecule has 0 atom stereocenters. The van der Waals surface area contributed by atoms with E-state index < -0.39 is 16.6 Å². The van der Waals surface area contributed by atoms with Crippen LogP contribution >= 0.6 is 0 Å². The zero-order valence-electron chi connectivity index (χ0n) is 9.54. The normalized spacial score (nSPS) is 9.95. The number of hydrogen-bond acceptors (Lipinski definition) is 4. The number of halogens is 1. The van der Waals surface area contributed by atoms with E-state index in [1.807, 2.05) is 0 Å². The molecule has 6 nitrogen and oxygen atoms in total. The fourth-order valence-electron chi connectivity index (χ4n) is 1.44. The van der Waals surface area contributed by atoms with Gasteiger partial charge < -0.3 is 5.32 Å². The van der Waals surface area contributed by atoms with Crippen molar-refractivity contribution in [2.24, 2.45) is 0 Å². The molecule has 96 valence electrons. The molecule has 1 N–H and O–H groups in total. The van der Waals surface area contributed by atoms with Crippen molar-refractivity contribution in [3.05, 3.63) is 64.2 Å². The van der Waals surface area contributed by atoms with E-state index in [1.165, 1.54) is 42.6 Å². The first kappa shape index (κ1) is 12.6. The Balaban J connectivity index is 2.25. The molecule has 1 aromatic carbocycles. The predicted octanol–water partition coefficient (Wildman–Crippen LogP) is 2.38. The van der Waals surface area contributed by atoms with Crippen molar-refractivity contribution in [1.82, 2.24) is 4.98 Å². The molecule has 0 saturated heterocycles. The molecule has 0 fully saturated rings. The third-order valence-electron chi connectivity index (χ3n) is 2.30. The first-order chi connectivity index (χ1) is 9.08. The van der Waals surface area contributed by atoms with E-state index >= 15 is 0 Å². The van der Waals surface area contributed by atoms with Crippen LogP contribution in [0.1, 0.15) is 10.5 Å². The minimum Gasteiger partial charge on any atom is -0.320 e. The molecule has 0 aliphatic rings. The number of carbonyl (C=O) groups is 1. The predicted molar refractivity (Wildman–Crippen MR) is 65.2 cm³/mol. The summed E-state index contributed by atoms with van der Waals surface area (Å²) in [5, 5.41) is 13.2. The second-order valence-electron chi connectivity index (χ2n) is 3.59. The molecular formula is C12H8FN3O3. The van der Waals surface area contributed by atoms with Crippen molar-refractivity contribution in [3.63, 3.8) is 0 Å². The van der Waals surface area contributed by atoms with E-state index in [2.05, 4.69) is 10.3 Å². The van der Waals surface area contributed by atoms with Gasteiger partial charge in [0.2, 0.25) is 5.69 Å². The van der Waals surface area contributed by atoms with Gasteiger partial charge in [-0.15, -0.1) is 0 Å². The van der Waals surface area contributed by atoms with E-state index in [0.29, 0.717) is 5.69 Å². The van der Waals surface area contributed by atoms with Crippen LogP contribution in [0, 0.1) is 15.9 Å². The molecule has 19 heavy (non-hydrogen) atoms. The van der Waals surface area contributed by atoms with Crippen molar-refractivity contribution in [1.29, 1.82) is 0 Å². The maximum atomic E-state index is 12.7. The molecule has 2 aromatic rings. The molecule has 0 saturated carbocycles. The molecule has 2 rings (SSSR count). The summed E-state index contributed by atoms with van der Waals surface area (Å²) < 4.78 is 12.7. The SMILES string of the molecule is O=C(Nc1ccc(F)cc1)c1ncccc1[N+](=O)[O-]. The van der Waals surface area contributed by atoms with Crippen LogP contribution in [0.3, 0.4) is 0 Å². The molecule has 0 bridgehead atoms. The number of carbonyl (C=O) groups excluding carboxylic acids is 1. The maximum Gasteiger partial charge on any atom is 0.300 e. The van der Waals surface area contributed by atoms with Crippen LogP contribution in [0.15, 0.2) is 42.6 Å². The van der Waals surface area contributed by atoms with Crippen LogP contribution in [0.4, 0.5) is 15.8 Å². The number of rotatable bonds is 3. The summed E-state index contributed by atoms with van der Waals surface area (Å²) >= 11 is 0. The van der Waals surface area contributed by atoms with Crippen LogP contribution in [-0.2, 0) is 0 Å². The van der Waals surface area contributed by atoms with E-state index in [4.69, 9.17) is 0 Å². The fraction of sp³-hybridized carbons (Fsp3) is 0. The minimum atomic E-state index is -0.723. The molecule has 0 spiro atoms. The van der Waals surface area contributed by atoms with Gasteiger partial charge in [-0.05, 0) is 30.3 Å². The number of nitro groups is 1. The zero-order valence-corrected chi connectivity index (χ0v) is 9.54. The Kier molecular flexibility index (Phi) is 3.46. The number of benzene rings is 1. The summed E-state index contributed by atoms with van der Waals surface area (Å²) in [7, 11) is 0. The number of nitrogens with one attached hydrogen (secondary N) is 1. The number of amides is 1. The van der Waals surface area contributed by atoms with E-state index in [1.54, 1.807) is 0 Å². The van der Waals surface area contributed by atoms with E-state index in [-0.39, 0.29) is 11.4 Å². The monoisotopic (exact) mass is 261 g/mol. The quantitative estimate of drug-likeness (QED) is 0.679. The number of hydrogen-bond donors (Lipinski definition) is 1. The van der Waals surface area contributed by atoms with Crippen LogP contribution < -0.4 is 5.32 Å². The van der Waals surface area contributed by atoms with Gasteiger partial charge in [0.1, 0.15) is 5.82 Å². The summed E-state index contributed by atoms with van der Waals surface area (Å²) in [6.45, 7) is 0. The van der Waals surface area contributed by atoms with Gasteiger partial charge in [0.25, 0.3) is 5.91 Å². The average Bonchev–Trinajstić information content (AvgIpc) is 2.41. The van der Waals surface area contributed by atoms with Crippen LogP contribution in [0.5, 0.6) is 0 Å².